The molecule has 0 spiro atoms. The van der Waals surface area contributed by atoms with E-state index < -0.39 is 0 Å². The van der Waals surface area contributed by atoms with Crippen molar-refractivity contribution in [2.45, 2.75) is 56.9 Å². The minimum atomic E-state index is -0.0981. The van der Waals surface area contributed by atoms with Crippen LogP contribution >= 0.6 is 35.7 Å². The van der Waals surface area contributed by atoms with Crippen LogP contribution in [-0.4, -0.2) is 47.8 Å². The fourth-order valence-electron chi connectivity index (χ4n) is 2.03. The van der Waals surface area contributed by atoms with Crippen LogP contribution in [0, 0.1) is 0 Å². The average molecular weight is 401 g/mol. The van der Waals surface area contributed by atoms with Gasteiger partial charge in [0.25, 0.3) is 0 Å². The van der Waals surface area contributed by atoms with Crippen molar-refractivity contribution < 1.29 is 5.11 Å². The van der Waals surface area contributed by atoms with Crippen molar-refractivity contribution in [2.24, 2.45) is 4.99 Å². The highest BCUT2D eigenvalue weighted by Crippen LogP contribution is 2.18. The predicted octanol–water partition coefficient (Wildman–Crippen LogP) is 2.21. The summed E-state index contributed by atoms with van der Waals surface area (Å²) in [5, 5.41) is 16.8. The number of aliphatic hydroxyl groups excluding tert-OH is 1. The maximum atomic E-state index is 9.50. The van der Waals surface area contributed by atoms with E-state index in [2.05, 4.69) is 35.7 Å². The first-order chi connectivity index (χ1) is 8.65. The first kappa shape index (κ1) is 19.3. The van der Waals surface area contributed by atoms with Crippen molar-refractivity contribution >= 4 is 41.7 Å². The summed E-state index contributed by atoms with van der Waals surface area (Å²) in [6, 6.07) is 0.454. The predicted molar refractivity (Wildman–Crippen MR) is 95.8 cm³/mol. The molecule has 0 aromatic rings. The zero-order valence-electron chi connectivity index (χ0n) is 12.2. The minimum absolute atomic E-state index is 0. The standard InChI is InChI=1S/C13H27N3OS.HI/c1-4-14-13(15-9-10(2)18-3)16-11-5-7-12(17)8-6-11;/h10-12,17H,4-9H2,1-3H3,(H2,14,15,16);1H. The third-order valence-electron chi connectivity index (χ3n) is 3.29. The molecule has 1 fully saturated rings. The molecular weight excluding hydrogens is 373 g/mol. The Hall–Kier alpha value is 0.310. The Morgan fingerprint density at radius 2 is 2.00 bits per heavy atom. The largest absolute Gasteiger partial charge is 0.393 e. The molecule has 0 aromatic heterocycles. The number of hydrogen-bond acceptors (Lipinski definition) is 3. The number of halogens is 1. The van der Waals surface area contributed by atoms with Crippen molar-refractivity contribution in [3.8, 4) is 0 Å². The second-order valence-electron chi connectivity index (χ2n) is 4.92. The highest BCUT2D eigenvalue weighted by molar-refractivity contribution is 14.0. The molecule has 0 saturated heterocycles. The average Bonchev–Trinajstić information content (AvgIpc) is 2.38. The molecule has 3 N–H and O–H groups in total. The Labute approximate surface area is 138 Å². The van der Waals surface area contributed by atoms with Gasteiger partial charge in [0.2, 0.25) is 0 Å². The lowest BCUT2D eigenvalue weighted by atomic mass is 9.93. The molecule has 0 amide bonds. The van der Waals surface area contributed by atoms with Crippen molar-refractivity contribution in [1.29, 1.82) is 0 Å². The van der Waals surface area contributed by atoms with E-state index in [0.29, 0.717) is 11.3 Å². The molecule has 0 aliphatic heterocycles. The van der Waals surface area contributed by atoms with Gasteiger partial charge in [-0.2, -0.15) is 11.8 Å². The molecule has 0 heterocycles. The zero-order valence-corrected chi connectivity index (χ0v) is 15.3. The first-order valence-electron chi connectivity index (χ1n) is 6.91. The minimum Gasteiger partial charge on any atom is -0.393 e. The molecule has 0 bridgehead atoms. The lowest BCUT2D eigenvalue weighted by molar-refractivity contribution is 0.120. The summed E-state index contributed by atoms with van der Waals surface area (Å²) >= 11 is 1.84. The summed E-state index contributed by atoms with van der Waals surface area (Å²) in [4.78, 5) is 4.61. The summed E-state index contributed by atoms with van der Waals surface area (Å²) in [6.07, 6.45) is 5.88. The summed E-state index contributed by atoms with van der Waals surface area (Å²) in [5.74, 6) is 0.916. The first-order valence-corrected chi connectivity index (χ1v) is 8.20. The molecule has 6 heteroatoms. The Morgan fingerprint density at radius 3 is 2.53 bits per heavy atom. The van der Waals surface area contributed by atoms with Crippen molar-refractivity contribution in [3.63, 3.8) is 0 Å². The third-order valence-corrected chi connectivity index (χ3v) is 4.24. The third kappa shape index (κ3) is 8.24. The number of nitrogens with one attached hydrogen (secondary N) is 2. The van der Waals surface area contributed by atoms with Crippen molar-refractivity contribution in [2.75, 3.05) is 19.3 Å². The van der Waals surface area contributed by atoms with Gasteiger partial charge in [-0.1, -0.05) is 6.92 Å². The van der Waals surface area contributed by atoms with Crippen LogP contribution in [0.1, 0.15) is 39.5 Å². The van der Waals surface area contributed by atoms with Gasteiger partial charge in [0, 0.05) is 17.8 Å². The normalized spacial score (nSPS) is 25.4. The highest BCUT2D eigenvalue weighted by atomic mass is 127. The van der Waals surface area contributed by atoms with E-state index in [0.717, 1.165) is 44.7 Å². The van der Waals surface area contributed by atoms with Crippen LogP contribution in [-0.2, 0) is 0 Å². The smallest absolute Gasteiger partial charge is 0.191 e. The molecule has 114 valence electrons. The van der Waals surface area contributed by atoms with E-state index in [1.165, 1.54) is 0 Å². The maximum absolute atomic E-state index is 9.50. The van der Waals surface area contributed by atoms with Crippen LogP contribution in [0.4, 0.5) is 0 Å². The molecule has 1 unspecified atom stereocenters. The van der Waals surface area contributed by atoms with E-state index in [9.17, 15) is 5.11 Å². The molecule has 1 aliphatic rings. The Morgan fingerprint density at radius 1 is 1.37 bits per heavy atom. The monoisotopic (exact) mass is 401 g/mol. The maximum Gasteiger partial charge on any atom is 0.191 e. The molecule has 1 aliphatic carbocycles. The van der Waals surface area contributed by atoms with Gasteiger partial charge < -0.3 is 15.7 Å². The summed E-state index contributed by atoms with van der Waals surface area (Å²) in [5.41, 5.74) is 0. The van der Waals surface area contributed by atoms with Crippen LogP contribution in [0.15, 0.2) is 4.99 Å². The van der Waals surface area contributed by atoms with Gasteiger partial charge in [0.05, 0.1) is 12.6 Å². The molecular formula is C13H28IN3OS. The van der Waals surface area contributed by atoms with Gasteiger partial charge >= 0.3 is 0 Å². The Kier molecular flexibility index (Phi) is 11.2. The quantitative estimate of drug-likeness (QED) is 0.376. The second-order valence-corrected chi connectivity index (χ2v) is 6.19. The van der Waals surface area contributed by atoms with Crippen LogP contribution in [0.3, 0.4) is 0 Å². The number of hydrogen-bond donors (Lipinski definition) is 3. The number of guanidine groups is 1. The van der Waals surface area contributed by atoms with E-state index >= 15 is 0 Å². The summed E-state index contributed by atoms with van der Waals surface area (Å²) in [7, 11) is 0. The molecule has 0 radical (unpaired) electrons. The molecule has 4 nitrogen and oxygen atoms in total. The Balaban J connectivity index is 0.00000324. The molecule has 1 saturated carbocycles. The fourth-order valence-corrected chi connectivity index (χ4v) is 2.25. The van der Waals surface area contributed by atoms with Crippen LogP contribution < -0.4 is 10.6 Å². The highest BCUT2D eigenvalue weighted by Gasteiger charge is 2.19. The zero-order chi connectivity index (χ0) is 13.4. The van der Waals surface area contributed by atoms with E-state index in [4.69, 9.17) is 0 Å². The van der Waals surface area contributed by atoms with Gasteiger partial charge in [0.1, 0.15) is 0 Å². The van der Waals surface area contributed by atoms with Gasteiger partial charge in [-0.15, -0.1) is 24.0 Å². The summed E-state index contributed by atoms with van der Waals surface area (Å²) < 4.78 is 0. The number of rotatable bonds is 5. The second kappa shape index (κ2) is 11.0. The number of aliphatic hydroxyl groups is 1. The van der Waals surface area contributed by atoms with E-state index in [-0.39, 0.29) is 30.1 Å². The van der Waals surface area contributed by atoms with Crippen molar-refractivity contribution in [1.82, 2.24) is 10.6 Å². The van der Waals surface area contributed by atoms with Gasteiger partial charge in [-0.25, -0.2) is 0 Å². The van der Waals surface area contributed by atoms with Crippen molar-refractivity contribution in [3.05, 3.63) is 0 Å². The van der Waals surface area contributed by atoms with Crippen LogP contribution in [0.25, 0.3) is 0 Å². The number of nitrogens with zero attached hydrogens (tertiary/aromatic N) is 1. The SMILES string of the molecule is CCNC(=NCC(C)SC)NC1CCC(O)CC1.I. The summed E-state index contributed by atoms with van der Waals surface area (Å²) in [6.45, 7) is 6.00. The lowest BCUT2D eigenvalue weighted by Crippen LogP contribution is -2.45. The number of thioether (sulfide) groups is 1. The lowest BCUT2D eigenvalue weighted by Gasteiger charge is -2.27. The Bertz CT molecular complexity index is 258. The van der Waals surface area contributed by atoms with E-state index in [1.807, 2.05) is 11.8 Å². The van der Waals surface area contributed by atoms with E-state index in [1.54, 1.807) is 0 Å². The molecule has 0 aromatic carbocycles. The van der Waals surface area contributed by atoms with Crippen LogP contribution in [0.5, 0.6) is 0 Å². The molecule has 1 rings (SSSR count). The van der Waals surface area contributed by atoms with Gasteiger partial charge in [0.15, 0.2) is 5.96 Å². The number of aliphatic imine (C=N–C) groups is 1. The molecule has 19 heavy (non-hydrogen) atoms. The van der Waals surface area contributed by atoms with Gasteiger partial charge in [-0.05, 0) is 38.9 Å². The topological polar surface area (TPSA) is 56.7 Å². The van der Waals surface area contributed by atoms with Gasteiger partial charge in [-0.3, -0.25) is 4.99 Å². The molecule has 1 atom stereocenters. The van der Waals surface area contributed by atoms with Crippen LogP contribution in [0.2, 0.25) is 0 Å². The fraction of sp³-hybridized carbons (Fsp3) is 0.923.